The zero-order valence-corrected chi connectivity index (χ0v) is 8.31. The van der Waals surface area contributed by atoms with Crippen molar-refractivity contribution in [3.05, 3.63) is 11.6 Å². The Morgan fingerprint density at radius 1 is 1.45 bits per heavy atom. The number of hydrogen-bond donors (Lipinski definition) is 1. The Morgan fingerprint density at radius 2 is 1.91 bits per heavy atom. The molecule has 0 aromatic carbocycles. The molecule has 1 N–H and O–H groups in total. The average Bonchev–Trinajstić information content (AvgIpc) is 1.82. The van der Waals surface area contributed by atoms with Crippen molar-refractivity contribution in [2.45, 2.75) is 47.1 Å². The van der Waals surface area contributed by atoms with Crippen molar-refractivity contribution in [1.29, 1.82) is 0 Å². The zero-order valence-electron chi connectivity index (χ0n) is 8.31. The van der Waals surface area contributed by atoms with Crippen molar-refractivity contribution in [2.75, 3.05) is 0 Å². The molecule has 0 aromatic heterocycles. The second-order valence-corrected chi connectivity index (χ2v) is 4.18. The smallest absolute Gasteiger partial charge is 0.0745 e. The summed E-state index contributed by atoms with van der Waals surface area (Å²) in [7, 11) is 0. The van der Waals surface area contributed by atoms with E-state index in [2.05, 4.69) is 26.8 Å². The minimum absolute atomic E-state index is 0.181. The minimum Gasteiger partial charge on any atom is -0.389 e. The van der Waals surface area contributed by atoms with E-state index in [1.807, 2.05) is 13.8 Å². The van der Waals surface area contributed by atoms with Gasteiger partial charge in [0.05, 0.1) is 6.10 Å². The average molecular weight is 156 g/mol. The topological polar surface area (TPSA) is 20.2 Å². The van der Waals surface area contributed by atoms with Crippen LogP contribution in [0.1, 0.15) is 41.0 Å². The van der Waals surface area contributed by atoms with Crippen LogP contribution < -0.4 is 0 Å². The summed E-state index contributed by atoms with van der Waals surface area (Å²) in [6, 6.07) is 0. The van der Waals surface area contributed by atoms with E-state index >= 15 is 0 Å². The molecule has 0 rings (SSSR count). The highest BCUT2D eigenvalue weighted by Crippen LogP contribution is 2.19. The molecule has 0 fully saturated rings. The van der Waals surface area contributed by atoms with Gasteiger partial charge < -0.3 is 5.11 Å². The van der Waals surface area contributed by atoms with Crippen LogP contribution in [-0.2, 0) is 0 Å². The summed E-state index contributed by atoms with van der Waals surface area (Å²) in [5, 5.41) is 9.42. The molecule has 0 spiro atoms. The van der Waals surface area contributed by atoms with Crippen LogP contribution in [0.2, 0.25) is 0 Å². The largest absolute Gasteiger partial charge is 0.389 e. The van der Waals surface area contributed by atoms with Crippen LogP contribution in [0.3, 0.4) is 0 Å². The van der Waals surface area contributed by atoms with E-state index in [1.54, 1.807) is 0 Å². The lowest BCUT2D eigenvalue weighted by Crippen LogP contribution is -2.10. The third kappa shape index (κ3) is 5.02. The van der Waals surface area contributed by atoms with E-state index in [9.17, 15) is 5.11 Å². The summed E-state index contributed by atoms with van der Waals surface area (Å²) in [6.45, 7) is 10.4. The van der Waals surface area contributed by atoms with Gasteiger partial charge in [0, 0.05) is 0 Å². The molecular weight excluding hydrogens is 136 g/mol. The molecule has 66 valence electrons. The Bertz CT molecular complexity index is 139. The van der Waals surface area contributed by atoms with Gasteiger partial charge >= 0.3 is 0 Å². The van der Waals surface area contributed by atoms with Gasteiger partial charge in [0.15, 0.2) is 0 Å². The quantitative estimate of drug-likeness (QED) is 0.609. The predicted octanol–water partition coefficient (Wildman–Crippen LogP) is 2.75. The van der Waals surface area contributed by atoms with Crippen molar-refractivity contribution in [1.82, 2.24) is 0 Å². The second-order valence-electron chi connectivity index (χ2n) is 4.18. The van der Waals surface area contributed by atoms with Crippen LogP contribution in [-0.4, -0.2) is 11.2 Å². The highest BCUT2D eigenvalue weighted by Gasteiger charge is 2.09. The van der Waals surface area contributed by atoms with E-state index < -0.39 is 0 Å². The molecule has 0 amide bonds. The molecule has 0 heterocycles. The van der Waals surface area contributed by atoms with Crippen LogP contribution in [0.15, 0.2) is 11.6 Å². The van der Waals surface area contributed by atoms with E-state index in [0.717, 1.165) is 12.0 Å². The number of rotatable bonds is 2. The SMILES string of the molecule is CCC(O)/C(C)=C/C(C)(C)C. The first-order chi connectivity index (χ1) is 4.87. The van der Waals surface area contributed by atoms with E-state index in [4.69, 9.17) is 0 Å². The summed E-state index contributed by atoms with van der Waals surface area (Å²) >= 11 is 0. The van der Waals surface area contributed by atoms with Gasteiger partial charge in [-0.1, -0.05) is 33.8 Å². The fourth-order valence-electron chi connectivity index (χ4n) is 1.10. The highest BCUT2D eigenvalue weighted by atomic mass is 16.3. The Labute approximate surface area is 70.1 Å². The summed E-state index contributed by atoms with van der Waals surface area (Å²) in [5.41, 5.74) is 1.26. The van der Waals surface area contributed by atoms with E-state index in [-0.39, 0.29) is 11.5 Å². The van der Waals surface area contributed by atoms with Gasteiger partial charge in [-0.25, -0.2) is 0 Å². The molecule has 0 saturated carbocycles. The predicted molar refractivity (Wildman–Crippen MR) is 49.5 cm³/mol. The maximum Gasteiger partial charge on any atom is 0.0745 e. The molecule has 0 radical (unpaired) electrons. The molecule has 11 heavy (non-hydrogen) atoms. The number of aliphatic hydroxyl groups is 1. The Morgan fingerprint density at radius 3 is 2.18 bits per heavy atom. The summed E-state index contributed by atoms with van der Waals surface area (Å²) in [4.78, 5) is 0. The van der Waals surface area contributed by atoms with Crippen molar-refractivity contribution in [3.8, 4) is 0 Å². The fraction of sp³-hybridized carbons (Fsp3) is 0.800. The molecule has 0 bridgehead atoms. The van der Waals surface area contributed by atoms with Crippen molar-refractivity contribution in [3.63, 3.8) is 0 Å². The van der Waals surface area contributed by atoms with Crippen LogP contribution in [0.25, 0.3) is 0 Å². The second kappa shape index (κ2) is 3.91. The van der Waals surface area contributed by atoms with Gasteiger partial charge in [-0.15, -0.1) is 0 Å². The first kappa shape index (κ1) is 10.7. The first-order valence-corrected chi connectivity index (χ1v) is 4.24. The summed E-state index contributed by atoms with van der Waals surface area (Å²) < 4.78 is 0. The molecule has 0 saturated heterocycles. The summed E-state index contributed by atoms with van der Waals surface area (Å²) in [5.74, 6) is 0. The van der Waals surface area contributed by atoms with Crippen molar-refractivity contribution >= 4 is 0 Å². The molecule has 1 atom stereocenters. The molecule has 0 aromatic rings. The van der Waals surface area contributed by atoms with Gasteiger partial charge in [0.1, 0.15) is 0 Å². The fourth-order valence-corrected chi connectivity index (χ4v) is 1.10. The molecule has 1 heteroatoms. The lowest BCUT2D eigenvalue weighted by molar-refractivity contribution is 0.204. The lowest BCUT2D eigenvalue weighted by Gasteiger charge is -2.16. The summed E-state index contributed by atoms with van der Waals surface area (Å²) in [6.07, 6.45) is 2.67. The third-order valence-electron chi connectivity index (χ3n) is 1.57. The van der Waals surface area contributed by atoms with Gasteiger partial charge in [0.2, 0.25) is 0 Å². The van der Waals surface area contributed by atoms with Crippen molar-refractivity contribution in [2.24, 2.45) is 5.41 Å². The molecule has 1 unspecified atom stereocenters. The Hall–Kier alpha value is -0.300. The molecule has 1 nitrogen and oxygen atoms in total. The monoisotopic (exact) mass is 156 g/mol. The Balaban J connectivity index is 4.22. The van der Waals surface area contributed by atoms with Crippen LogP contribution in [0, 0.1) is 5.41 Å². The number of hydrogen-bond acceptors (Lipinski definition) is 1. The number of allylic oxidation sites excluding steroid dienone is 1. The van der Waals surface area contributed by atoms with E-state index in [0.29, 0.717) is 0 Å². The van der Waals surface area contributed by atoms with Crippen LogP contribution in [0.4, 0.5) is 0 Å². The maximum atomic E-state index is 9.42. The molecule has 0 aliphatic rings. The maximum absolute atomic E-state index is 9.42. The first-order valence-electron chi connectivity index (χ1n) is 4.24. The van der Waals surface area contributed by atoms with Gasteiger partial charge in [-0.05, 0) is 24.3 Å². The van der Waals surface area contributed by atoms with Gasteiger partial charge in [-0.3, -0.25) is 0 Å². The normalized spacial score (nSPS) is 16.7. The van der Waals surface area contributed by atoms with Gasteiger partial charge in [0.25, 0.3) is 0 Å². The number of aliphatic hydroxyl groups excluding tert-OH is 1. The van der Waals surface area contributed by atoms with E-state index in [1.165, 1.54) is 0 Å². The third-order valence-corrected chi connectivity index (χ3v) is 1.57. The molecular formula is C10H20O. The standard InChI is InChI=1S/C10H20O/c1-6-9(11)8(2)7-10(3,4)5/h7,9,11H,6H2,1-5H3/b8-7+. The zero-order chi connectivity index (χ0) is 9.07. The van der Waals surface area contributed by atoms with Gasteiger partial charge in [-0.2, -0.15) is 0 Å². The Kier molecular flexibility index (Phi) is 3.81. The molecule has 0 aliphatic carbocycles. The lowest BCUT2D eigenvalue weighted by atomic mass is 9.92. The minimum atomic E-state index is -0.255. The highest BCUT2D eigenvalue weighted by molar-refractivity contribution is 5.08. The van der Waals surface area contributed by atoms with Crippen molar-refractivity contribution < 1.29 is 5.11 Å². The van der Waals surface area contributed by atoms with Crippen LogP contribution in [0.5, 0.6) is 0 Å². The molecule has 0 aliphatic heterocycles. The van der Waals surface area contributed by atoms with Crippen LogP contribution >= 0.6 is 0 Å².